The molecule has 0 aromatic rings. The third-order valence-electron chi connectivity index (χ3n) is 2.20. The molecule has 0 saturated carbocycles. The molecule has 0 aromatic carbocycles. The SMILES string of the molecule is CC(C)(CN)COCC(C)(C)CNC=O. The summed E-state index contributed by atoms with van der Waals surface area (Å²) in [6.45, 7) is 10.8. The second kappa shape index (κ2) is 6.08. The van der Waals surface area contributed by atoms with E-state index in [0.717, 1.165) is 0 Å². The van der Waals surface area contributed by atoms with Crippen LogP contribution in [0.15, 0.2) is 0 Å². The van der Waals surface area contributed by atoms with E-state index in [1.807, 2.05) is 0 Å². The first kappa shape index (κ1) is 14.4. The summed E-state index contributed by atoms with van der Waals surface area (Å²) in [4.78, 5) is 10.2. The monoisotopic (exact) mass is 216 g/mol. The minimum Gasteiger partial charge on any atom is -0.380 e. The quantitative estimate of drug-likeness (QED) is 0.589. The van der Waals surface area contributed by atoms with Gasteiger partial charge in [0.2, 0.25) is 6.41 Å². The van der Waals surface area contributed by atoms with Crippen LogP contribution in [0, 0.1) is 10.8 Å². The third kappa shape index (κ3) is 7.33. The van der Waals surface area contributed by atoms with Crippen LogP contribution in [-0.2, 0) is 9.53 Å². The lowest BCUT2D eigenvalue weighted by Gasteiger charge is -2.27. The van der Waals surface area contributed by atoms with Crippen molar-refractivity contribution in [1.82, 2.24) is 5.32 Å². The Hall–Kier alpha value is -0.610. The molecule has 0 fully saturated rings. The maximum Gasteiger partial charge on any atom is 0.207 e. The van der Waals surface area contributed by atoms with Crippen molar-refractivity contribution in [3.8, 4) is 0 Å². The molecule has 0 atom stereocenters. The molecule has 0 spiro atoms. The molecular weight excluding hydrogens is 192 g/mol. The Bertz CT molecular complexity index is 191. The second-order valence-corrected chi connectivity index (χ2v) is 5.52. The molecule has 0 aliphatic rings. The van der Waals surface area contributed by atoms with Crippen LogP contribution >= 0.6 is 0 Å². The third-order valence-corrected chi connectivity index (χ3v) is 2.20. The number of hydrogen-bond donors (Lipinski definition) is 2. The van der Waals surface area contributed by atoms with E-state index in [9.17, 15) is 4.79 Å². The normalized spacial score (nSPS) is 12.6. The fourth-order valence-electron chi connectivity index (χ4n) is 1.03. The maximum atomic E-state index is 10.2. The maximum absolute atomic E-state index is 10.2. The number of ether oxygens (including phenoxy) is 1. The van der Waals surface area contributed by atoms with Crippen LogP contribution in [0.2, 0.25) is 0 Å². The van der Waals surface area contributed by atoms with Crippen LogP contribution < -0.4 is 11.1 Å². The van der Waals surface area contributed by atoms with Crippen molar-refractivity contribution in [3.63, 3.8) is 0 Å². The Morgan fingerprint density at radius 2 is 1.73 bits per heavy atom. The molecule has 90 valence electrons. The zero-order valence-electron chi connectivity index (χ0n) is 10.3. The van der Waals surface area contributed by atoms with Gasteiger partial charge < -0.3 is 15.8 Å². The lowest BCUT2D eigenvalue weighted by molar-refractivity contribution is -0.110. The fraction of sp³-hybridized carbons (Fsp3) is 0.909. The lowest BCUT2D eigenvalue weighted by Crippen LogP contribution is -2.35. The highest BCUT2D eigenvalue weighted by molar-refractivity contribution is 5.45. The Morgan fingerprint density at radius 1 is 1.20 bits per heavy atom. The molecule has 0 bridgehead atoms. The molecule has 0 saturated heterocycles. The van der Waals surface area contributed by atoms with Crippen molar-refractivity contribution in [1.29, 1.82) is 0 Å². The van der Waals surface area contributed by atoms with Crippen molar-refractivity contribution in [2.75, 3.05) is 26.3 Å². The molecule has 0 aliphatic carbocycles. The summed E-state index contributed by atoms with van der Waals surface area (Å²) < 4.78 is 5.62. The largest absolute Gasteiger partial charge is 0.380 e. The van der Waals surface area contributed by atoms with Crippen LogP contribution in [0.25, 0.3) is 0 Å². The molecule has 0 aromatic heterocycles. The molecule has 1 amide bonds. The highest BCUT2D eigenvalue weighted by Gasteiger charge is 2.21. The van der Waals surface area contributed by atoms with Gasteiger partial charge in [0.25, 0.3) is 0 Å². The van der Waals surface area contributed by atoms with E-state index in [1.54, 1.807) is 0 Å². The summed E-state index contributed by atoms with van der Waals surface area (Å²) in [5.41, 5.74) is 5.58. The van der Waals surface area contributed by atoms with Gasteiger partial charge in [0.05, 0.1) is 13.2 Å². The van der Waals surface area contributed by atoms with Crippen molar-refractivity contribution in [2.24, 2.45) is 16.6 Å². The van der Waals surface area contributed by atoms with Gasteiger partial charge in [0.15, 0.2) is 0 Å². The molecule has 4 heteroatoms. The van der Waals surface area contributed by atoms with E-state index in [4.69, 9.17) is 10.5 Å². The summed E-state index contributed by atoms with van der Waals surface area (Å²) in [5, 5.41) is 2.66. The minimum absolute atomic E-state index is 0.0220. The van der Waals surface area contributed by atoms with Gasteiger partial charge in [-0.25, -0.2) is 0 Å². The molecule has 0 heterocycles. The first-order valence-corrected chi connectivity index (χ1v) is 5.28. The molecule has 4 nitrogen and oxygen atoms in total. The van der Waals surface area contributed by atoms with E-state index < -0.39 is 0 Å². The highest BCUT2D eigenvalue weighted by atomic mass is 16.5. The molecule has 0 rings (SSSR count). The van der Waals surface area contributed by atoms with Gasteiger partial charge in [0.1, 0.15) is 0 Å². The number of nitrogens with one attached hydrogen (secondary N) is 1. The van der Waals surface area contributed by atoms with E-state index in [-0.39, 0.29) is 10.8 Å². The topological polar surface area (TPSA) is 64.3 Å². The molecular formula is C11H24N2O2. The predicted molar refractivity (Wildman–Crippen MR) is 61.5 cm³/mol. The van der Waals surface area contributed by atoms with Gasteiger partial charge in [-0.05, 0) is 6.54 Å². The molecule has 15 heavy (non-hydrogen) atoms. The van der Waals surface area contributed by atoms with Crippen LogP contribution in [0.1, 0.15) is 27.7 Å². The minimum atomic E-state index is -0.0361. The van der Waals surface area contributed by atoms with Crippen molar-refractivity contribution >= 4 is 6.41 Å². The number of amides is 1. The summed E-state index contributed by atoms with van der Waals surface area (Å²) in [7, 11) is 0. The van der Waals surface area contributed by atoms with E-state index >= 15 is 0 Å². The van der Waals surface area contributed by atoms with Gasteiger partial charge in [-0.2, -0.15) is 0 Å². The van der Waals surface area contributed by atoms with Crippen LogP contribution in [0.3, 0.4) is 0 Å². The highest BCUT2D eigenvalue weighted by Crippen LogP contribution is 2.17. The first-order chi connectivity index (χ1) is 6.83. The number of carbonyl (C=O) groups excluding carboxylic acids is 1. The summed E-state index contributed by atoms with van der Waals surface area (Å²) >= 11 is 0. The van der Waals surface area contributed by atoms with Gasteiger partial charge in [-0.3, -0.25) is 4.79 Å². The predicted octanol–water partition coefficient (Wildman–Crippen LogP) is 0.760. The smallest absolute Gasteiger partial charge is 0.207 e. The van der Waals surface area contributed by atoms with Crippen molar-refractivity contribution in [3.05, 3.63) is 0 Å². The van der Waals surface area contributed by atoms with E-state index in [2.05, 4.69) is 33.0 Å². The first-order valence-electron chi connectivity index (χ1n) is 5.28. The van der Waals surface area contributed by atoms with E-state index in [0.29, 0.717) is 32.7 Å². The Kier molecular flexibility index (Phi) is 5.83. The van der Waals surface area contributed by atoms with Crippen LogP contribution in [-0.4, -0.2) is 32.7 Å². The van der Waals surface area contributed by atoms with Gasteiger partial charge in [-0.1, -0.05) is 27.7 Å². The number of hydrogen-bond acceptors (Lipinski definition) is 3. The molecule has 0 radical (unpaired) electrons. The zero-order chi connectivity index (χ0) is 11.9. The van der Waals surface area contributed by atoms with Crippen molar-refractivity contribution in [2.45, 2.75) is 27.7 Å². The Morgan fingerprint density at radius 3 is 2.20 bits per heavy atom. The van der Waals surface area contributed by atoms with Gasteiger partial charge in [0, 0.05) is 17.4 Å². The average Bonchev–Trinajstić information content (AvgIpc) is 2.14. The molecule has 0 aliphatic heterocycles. The molecule has 0 unspecified atom stereocenters. The summed E-state index contributed by atoms with van der Waals surface area (Å²) in [6, 6.07) is 0. The Labute approximate surface area is 92.6 Å². The Balaban J connectivity index is 3.78. The van der Waals surface area contributed by atoms with Gasteiger partial charge in [-0.15, -0.1) is 0 Å². The summed E-state index contributed by atoms with van der Waals surface area (Å²) in [5.74, 6) is 0. The van der Waals surface area contributed by atoms with E-state index in [1.165, 1.54) is 0 Å². The average molecular weight is 216 g/mol. The second-order valence-electron chi connectivity index (χ2n) is 5.52. The van der Waals surface area contributed by atoms with Crippen molar-refractivity contribution < 1.29 is 9.53 Å². The molecule has 3 N–H and O–H groups in total. The van der Waals surface area contributed by atoms with Gasteiger partial charge >= 0.3 is 0 Å². The van der Waals surface area contributed by atoms with Crippen LogP contribution in [0.5, 0.6) is 0 Å². The zero-order valence-corrected chi connectivity index (χ0v) is 10.3. The standard InChI is InChI=1S/C11H24N2O2/c1-10(2,5-12)7-15-8-11(3,4)6-13-9-14/h9H,5-8,12H2,1-4H3,(H,13,14). The summed E-state index contributed by atoms with van der Waals surface area (Å²) in [6.07, 6.45) is 0.714. The fourth-order valence-corrected chi connectivity index (χ4v) is 1.03. The number of rotatable bonds is 8. The lowest BCUT2D eigenvalue weighted by atomic mass is 9.93. The van der Waals surface area contributed by atoms with Crippen LogP contribution in [0.4, 0.5) is 0 Å². The number of carbonyl (C=O) groups is 1. The number of nitrogens with two attached hydrogens (primary N) is 1.